The zero-order chi connectivity index (χ0) is 17.9. The smallest absolute Gasteiger partial charge is 0.224 e. The first kappa shape index (κ1) is 17.7. The topological polar surface area (TPSA) is 70.7 Å². The van der Waals surface area contributed by atoms with Gasteiger partial charge in [-0.25, -0.2) is 0 Å². The van der Waals surface area contributed by atoms with Crippen molar-refractivity contribution in [1.29, 1.82) is 5.26 Å². The summed E-state index contributed by atoms with van der Waals surface area (Å²) in [6, 6.07) is 9.72. The van der Waals surface area contributed by atoms with Crippen LogP contribution in [0.25, 0.3) is 0 Å². The number of hydrogen-bond donors (Lipinski definition) is 1. The van der Waals surface area contributed by atoms with E-state index in [2.05, 4.69) is 16.5 Å². The van der Waals surface area contributed by atoms with Gasteiger partial charge in [-0.15, -0.1) is 0 Å². The minimum atomic E-state index is -0.530. The van der Waals surface area contributed by atoms with E-state index in [1.807, 2.05) is 63.7 Å². The summed E-state index contributed by atoms with van der Waals surface area (Å²) in [5.74, 6) is -0.0232. The molecule has 5 heteroatoms. The first-order chi connectivity index (χ1) is 11.2. The molecule has 0 aliphatic rings. The van der Waals surface area contributed by atoms with E-state index in [-0.39, 0.29) is 5.91 Å². The van der Waals surface area contributed by atoms with Gasteiger partial charge in [0.05, 0.1) is 17.2 Å². The Labute approximate surface area is 143 Å². The third-order valence-electron chi connectivity index (χ3n) is 4.43. The number of anilines is 1. The maximum atomic E-state index is 12.2. The lowest BCUT2D eigenvalue weighted by Crippen LogP contribution is -2.15. The lowest BCUT2D eigenvalue weighted by molar-refractivity contribution is -0.116. The number of nitrogens with one attached hydrogen (secondary N) is 1. The monoisotopic (exact) mass is 324 g/mol. The molecule has 0 spiro atoms. The van der Waals surface area contributed by atoms with Gasteiger partial charge in [0.25, 0.3) is 0 Å². The lowest BCUT2D eigenvalue weighted by atomic mass is 9.86. The Morgan fingerprint density at radius 1 is 1.29 bits per heavy atom. The van der Waals surface area contributed by atoms with Gasteiger partial charge in [-0.05, 0) is 57.4 Å². The number of amides is 1. The number of hydrogen-bond acceptors (Lipinski definition) is 3. The maximum Gasteiger partial charge on any atom is 0.224 e. The second-order valence-electron chi connectivity index (χ2n) is 6.64. The summed E-state index contributed by atoms with van der Waals surface area (Å²) < 4.78 is 1.85. The molecule has 1 heterocycles. The summed E-state index contributed by atoms with van der Waals surface area (Å²) in [6.45, 7) is 7.73. The Hall–Kier alpha value is -2.61. The fraction of sp³-hybridized carbons (Fsp3) is 0.421. The molecule has 0 unspecified atom stereocenters. The van der Waals surface area contributed by atoms with Gasteiger partial charge in [-0.2, -0.15) is 10.4 Å². The highest BCUT2D eigenvalue weighted by Gasteiger charge is 2.19. The Balaban J connectivity index is 1.97. The van der Waals surface area contributed by atoms with Crippen LogP contribution in [0.2, 0.25) is 0 Å². The molecule has 1 amide bonds. The predicted octanol–water partition coefficient (Wildman–Crippen LogP) is 3.41. The molecule has 0 aliphatic carbocycles. The average Bonchev–Trinajstić information content (AvgIpc) is 2.78. The normalized spacial score (nSPS) is 11.2. The van der Waals surface area contributed by atoms with Gasteiger partial charge in [-0.3, -0.25) is 9.48 Å². The molecule has 5 nitrogen and oxygen atoms in total. The van der Waals surface area contributed by atoms with Crippen molar-refractivity contribution in [3.63, 3.8) is 0 Å². The van der Waals surface area contributed by atoms with Crippen LogP contribution in [-0.4, -0.2) is 15.7 Å². The number of carbonyl (C=O) groups excluding carboxylic acids is 1. The van der Waals surface area contributed by atoms with E-state index in [9.17, 15) is 4.79 Å². The number of nitriles is 1. The second-order valence-corrected chi connectivity index (χ2v) is 6.64. The molecule has 1 N–H and O–H groups in total. The van der Waals surface area contributed by atoms with Crippen LogP contribution in [0.4, 0.5) is 5.69 Å². The zero-order valence-electron chi connectivity index (χ0n) is 15.0. The molecule has 0 radical (unpaired) electrons. The van der Waals surface area contributed by atoms with Crippen LogP contribution in [-0.2, 0) is 23.7 Å². The summed E-state index contributed by atoms with van der Waals surface area (Å²) in [6.07, 6.45) is 1.09. The first-order valence-corrected chi connectivity index (χ1v) is 8.05. The number of benzene rings is 1. The third kappa shape index (κ3) is 3.83. The molecule has 2 aromatic rings. The highest BCUT2D eigenvalue weighted by molar-refractivity contribution is 5.90. The molecular weight excluding hydrogens is 300 g/mol. The van der Waals surface area contributed by atoms with E-state index in [1.165, 1.54) is 0 Å². The summed E-state index contributed by atoms with van der Waals surface area (Å²) in [5.41, 5.74) is 4.37. The number of rotatable bonds is 5. The maximum absolute atomic E-state index is 12.2. The molecule has 1 aromatic carbocycles. The van der Waals surface area contributed by atoms with Crippen molar-refractivity contribution in [2.45, 2.75) is 46.0 Å². The summed E-state index contributed by atoms with van der Waals surface area (Å²) in [4.78, 5) is 12.2. The molecule has 126 valence electrons. The largest absolute Gasteiger partial charge is 0.326 e. The molecule has 24 heavy (non-hydrogen) atoms. The number of nitrogens with zero attached hydrogens (tertiary/aromatic N) is 3. The van der Waals surface area contributed by atoms with Gasteiger partial charge in [0.15, 0.2) is 0 Å². The van der Waals surface area contributed by atoms with Crippen LogP contribution in [0, 0.1) is 25.2 Å². The standard InChI is InChI=1S/C19H24N4O/c1-13-17(14(2)23(5)22-13)10-11-18(24)21-16-8-6-15(7-9-16)19(3,4)12-20/h6-9H,10-11H2,1-5H3,(H,21,24). The SMILES string of the molecule is Cc1nn(C)c(C)c1CCC(=O)Nc1ccc(C(C)(C)C#N)cc1. The summed E-state index contributed by atoms with van der Waals surface area (Å²) in [7, 11) is 1.91. The van der Waals surface area contributed by atoms with Crippen LogP contribution < -0.4 is 5.32 Å². The van der Waals surface area contributed by atoms with Gasteiger partial charge < -0.3 is 5.32 Å². The van der Waals surface area contributed by atoms with E-state index < -0.39 is 5.41 Å². The molecule has 0 bridgehead atoms. The molecule has 0 fully saturated rings. The minimum absolute atomic E-state index is 0.0232. The van der Waals surface area contributed by atoms with Crippen molar-refractivity contribution in [3.8, 4) is 6.07 Å². The van der Waals surface area contributed by atoms with Crippen molar-refractivity contribution in [2.75, 3.05) is 5.32 Å². The van der Waals surface area contributed by atoms with Crippen LogP contribution in [0.15, 0.2) is 24.3 Å². The summed E-state index contributed by atoms with van der Waals surface area (Å²) >= 11 is 0. The van der Waals surface area contributed by atoms with Crippen LogP contribution in [0.3, 0.4) is 0 Å². The highest BCUT2D eigenvalue weighted by Crippen LogP contribution is 2.23. The molecule has 2 rings (SSSR count). The number of carbonyl (C=O) groups is 1. The van der Waals surface area contributed by atoms with Crippen molar-refractivity contribution in [1.82, 2.24) is 9.78 Å². The fourth-order valence-corrected chi connectivity index (χ4v) is 2.68. The van der Waals surface area contributed by atoms with Gasteiger partial charge in [-0.1, -0.05) is 12.1 Å². The molecule has 0 atom stereocenters. The first-order valence-electron chi connectivity index (χ1n) is 8.05. The van der Waals surface area contributed by atoms with Gasteiger partial charge in [0.2, 0.25) is 5.91 Å². The van der Waals surface area contributed by atoms with Gasteiger partial charge in [0.1, 0.15) is 0 Å². The van der Waals surface area contributed by atoms with Gasteiger partial charge in [0, 0.05) is 24.8 Å². The van der Waals surface area contributed by atoms with E-state index >= 15 is 0 Å². The van der Waals surface area contributed by atoms with Gasteiger partial charge >= 0.3 is 0 Å². The molecular formula is C19H24N4O. The molecule has 0 saturated heterocycles. The van der Waals surface area contributed by atoms with E-state index in [1.54, 1.807) is 0 Å². The number of aromatic nitrogens is 2. The molecule has 0 saturated carbocycles. The highest BCUT2D eigenvalue weighted by atomic mass is 16.1. The minimum Gasteiger partial charge on any atom is -0.326 e. The predicted molar refractivity (Wildman–Crippen MR) is 94.7 cm³/mol. The van der Waals surface area contributed by atoms with Crippen molar-refractivity contribution >= 4 is 11.6 Å². The average molecular weight is 324 g/mol. The van der Waals surface area contributed by atoms with E-state index in [0.29, 0.717) is 12.8 Å². The zero-order valence-corrected chi connectivity index (χ0v) is 15.0. The molecule has 1 aromatic heterocycles. The van der Waals surface area contributed by atoms with Crippen molar-refractivity contribution in [3.05, 3.63) is 46.8 Å². The van der Waals surface area contributed by atoms with Crippen LogP contribution in [0.1, 0.15) is 42.8 Å². The van der Waals surface area contributed by atoms with Crippen LogP contribution >= 0.6 is 0 Å². The van der Waals surface area contributed by atoms with Crippen LogP contribution in [0.5, 0.6) is 0 Å². The quantitative estimate of drug-likeness (QED) is 0.916. The Morgan fingerprint density at radius 2 is 1.92 bits per heavy atom. The summed E-state index contributed by atoms with van der Waals surface area (Å²) in [5, 5.41) is 16.4. The van der Waals surface area contributed by atoms with Crippen molar-refractivity contribution < 1.29 is 4.79 Å². The Morgan fingerprint density at radius 3 is 2.42 bits per heavy atom. The Kier molecular flexibility index (Phi) is 5.08. The lowest BCUT2D eigenvalue weighted by Gasteiger charge is -2.16. The van der Waals surface area contributed by atoms with E-state index in [4.69, 9.17) is 5.26 Å². The fourth-order valence-electron chi connectivity index (χ4n) is 2.68. The molecule has 0 aliphatic heterocycles. The Bertz CT molecular complexity index is 779. The second kappa shape index (κ2) is 6.88. The van der Waals surface area contributed by atoms with Crippen molar-refractivity contribution in [2.24, 2.45) is 7.05 Å². The number of aryl methyl sites for hydroxylation is 2. The van der Waals surface area contributed by atoms with E-state index in [0.717, 1.165) is 28.2 Å². The third-order valence-corrected chi connectivity index (χ3v) is 4.43.